The lowest BCUT2D eigenvalue weighted by Gasteiger charge is -2.30. The molecular formula is C23H27N3O5S. The first-order valence-electron chi connectivity index (χ1n) is 10.5. The maximum absolute atomic E-state index is 13.2. The SMILES string of the molecule is COc1ccc(-c2noc([C@@H]3CCCN(S(=O)(=O)c4ccc(C)c(C)c4)C3)n2)cc1OC. The lowest BCUT2D eigenvalue weighted by atomic mass is 10.00. The largest absolute Gasteiger partial charge is 0.493 e. The molecule has 1 aliphatic rings. The zero-order valence-corrected chi connectivity index (χ0v) is 19.5. The number of benzene rings is 2. The van der Waals surface area contributed by atoms with Crippen LogP contribution < -0.4 is 9.47 Å². The Morgan fingerprint density at radius 3 is 2.53 bits per heavy atom. The maximum Gasteiger partial charge on any atom is 0.243 e. The number of hydrogen-bond donors (Lipinski definition) is 0. The Bertz CT molecular complexity index is 1220. The first kappa shape index (κ1) is 22.3. The summed E-state index contributed by atoms with van der Waals surface area (Å²) in [6.07, 6.45) is 1.51. The molecule has 0 unspecified atom stereocenters. The van der Waals surface area contributed by atoms with Crippen molar-refractivity contribution < 1.29 is 22.4 Å². The minimum absolute atomic E-state index is 0.161. The van der Waals surface area contributed by atoms with Crippen molar-refractivity contribution >= 4 is 10.0 Å². The number of ether oxygens (including phenoxy) is 2. The van der Waals surface area contributed by atoms with E-state index in [1.807, 2.05) is 26.0 Å². The first-order chi connectivity index (χ1) is 15.3. The molecule has 8 nitrogen and oxygen atoms in total. The van der Waals surface area contributed by atoms with Crippen molar-refractivity contribution in [3.63, 3.8) is 0 Å². The van der Waals surface area contributed by atoms with Crippen LogP contribution in [0.4, 0.5) is 0 Å². The van der Waals surface area contributed by atoms with Gasteiger partial charge in [-0.25, -0.2) is 8.42 Å². The van der Waals surface area contributed by atoms with Gasteiger partial charge in [-0.15, -0.1) is 0 Å². The Kier molecular flexibility index (Phi) is 6.21. The van der Waals surface area contributed by atoms with Gasteiger partial charge in [0, 0.05) is 18.7 Å². The monoisotopic (exact) mass is 457 g/mol. The molecule has 1 fully saturated rings. The predicted octanol–water partition coefficient (Wildman–Crippen LogP) is 3.94. The van der Waals surface area contributed by atoms with Crippen molar-refractivity contribution in [2.45, 2.75) is 37.5 Å². The third-order valence-corrected chi connectivity index (χ3v) is 7.79. The molecule has 32 heavy (non-hydrogen) atoms. The number of piperidine rings is 1. The number of aromatic nitrogens is 2. The van der Waals surface area contributed by atoms with Crippen LogP contribution in [0.2, 0.25) is 0 Å². The van der Waals surface area contributed by atoms with E-state index in [9.17, 15) is 8.42 Å². The van der Waals surface area contributed by atoms with Crippen LogP contribution in [0.1, 0.15) is 35.8 Å². The van der Waals surface area contributed by atoms with Gasteiger partial charge in [-0.1, -0.05) is 11.2 Å². The Morgan fingerprint density at radius 1 is 1.03 bits per heavy atom. The van der Waals surface area contributed by atoms with Gasteiger partial charge >= 0.3 is 0 Å². The van der Waals surface area contributed by atoms with Gasteiger partial charge in [0.15, 0.2) is 11.5 Å². The minimum atomic E-state index is -3.59. The predicted molar refractivity (Wildman–Crippen MR) is 119 cm³/mol. The van der Waals surface area contributed by atoms with Crippen LogP contribution >= 0.6 is 0 Å². The summed E-state index contributed by atoms with van der Waals surface area (Å²) < 4.78 is 44.1. The molecular weight excluding hydrogens is 430 g/mol. The van der Waals surface area contributed by atoms with Crippen molar-refractivity contribution in [1.82, 2.24) is 14.4 Å². The molecule has 0 bridgehead atoms. The van der Waals surface area contributed by atoms with Gasteiger partial charge in [-0.2, -0.15) is 9.29 Å². The summed E-state index contributed by atoms with van der Waals surface area (Å²) in [7, 11) is -0.452. The van der Waals surface area contributed by atoms with E-state index in [1.54, 1.807) is 38.5 Å². The van der Waals surface area contributed by atoms with Crippen LogP contribution in [0.3, 0.4) is 0 Å². The summed E-state index contributed by atoms with van der Waals surface area (Å²) in [5.41, 5.74) is 2.75. The summed E-state index contributed by atoms with van der Waals surface area (Å²) in [4.78, 5) is 4.87. The summed E-state index contributed by atoms with van der Waals surface area (Å²) >= 11 is 0. The zero-order valence-electron chi connectivity index (χ0n) is 18.7. The molecule has 4 rings (SSSR count). The molecule has 0 radical (unpaired) electrons. The standard InChI is InChI=1S/C23H27N3O5S/c1-15-7-9-19(12-16(15)2)32(27,28)26-11-5-6-18(14-26)23-24-22(25-31-23)17-8-10-20(29-3)21(13-17)30-4/h7-10,12-13,18H,5-6,11,14H2,1-4H3/t18-/m1/s1. The summed E-state index contributed by atoms with van der Waals surface area (Å²) in [5.74, 6) is 1.88. The fourth-order valence-corrected chi connectivity index (χ4v) is 5.49. The van der Waals surface area contributed by atoms with E-state index < -0.39 is 10.0 Å². The van der Waals surface area contributed by atoms with E-state index >= 15 is 0 Å². The van der Waals surface area contributed by atoms with Crippen LogP contribution in [0.25, 0.3) is 11.4 Å². The van der Waals surface area contributed by atoms with Crippen LogP contribution in [0.15, 0.2) is 45.8 Å². The van der Waals surface area contributed by atoms with Gasteiger partial charge in [0.05, 0.1) is 25.0 Å². The summed E-state index contributed by atoms with van der Waals surface area (Å²) in [6.45, 7) is 4.67. The Labute approximate surface area is 188 Å². The van der Waals surface area contributed by atoms with Gasteiger partial charge in [0.25, 0.3) is 0 Å². The fourth-order valence-electron chi connectivity index (χ4n) is 3.88. The van der Waals surface area contributed by atoms with Gasteiger partial charge in [-0.3, -0.25) is 0 Å². The van der Waals surface area contributed by atoms with Crippen molar-refractivity contribution in [3.05, 3.63) is 53.4 Å². The number of nitrogens with zero attached hydrogens (tertiary/aromatic N) is 3. The normalized spacial score (nSPS) is 17.3. The second-order valence-electron chi connectivity index (χ2n) is 7.97. The zero-order chi connectivity index (χ0) is 22.9. The van der Waals surface area contributed by atoms with Crippen molar-refractivity contribution in [2.75, 3.05) is 27.3 Å². The third kappa shape index (κ3) is 4.22. The van der Waals surface area contributed by atoms with E-state index in [0.717, 1.165) is 29.5 Å². The highest BCUT2D eigenvalue weighted by Crippen LogP contribution is 2.34. The molecule has 3 aromatic rings. The van der Waals surface area contributed by atoms with Gasteiger partial charge in [-0.05, 0) is 68.1 Å². The maximum atomic E-state index is 13.2. The quantitative estimate of drug-likeness (QED) is 0.553. The summed E-state index contributed by atoms with van der Waals surface area (Å²) in [6, 6.07) is 10.6. The van der Waals surface area contributed by atoms with Gasteiger partial charge < -0.3 is 14.0 Å². The molecule has 2 aromatic carbocycles. The van der Waals surface area contributed by atoms with Crippen LogP contribution in [0, 0.1) is 13.8 Å². The number of aryl methyl sites for hydroxylation is 2. The van der Waals surface area contributed by atoms with E-state index in [4.69, 9.17) is 14.0 Å². The number of rotatable bonds is 6. The van der Waals surface area contributed by atoms with Crippen LogP contribution in [-0.4, -0.2) is 50.2 Å². The van der Waals surface area contributed by atoms with Gasteiger partial charge in [0.2, 0.25) is 21.7 Å². The summed E-state index contributed by atoms with van der Waals surface area (Å²) in [5, 5.41) is 4.11. The topological polar surface area (TPSA) is 94.8 Å². The Balaban J connectivity index is 1.56. The van der Waals surface area contributed by atoms with E-state index in [2.05, 4.69) is 10.1 Å². The molecule has 0 spiro atoms. The molecule has 0 N–H and O–H groups in total. The van der Waals surface area contributed by atoms with E-state index in [1.165, 1.54) is 4.31 Å². The second-order valence-corrected chi connectivity index (χ2v) is 9.91. The lowest BCUT2D eigenvalue weighted by Crippen LogP contribution is -2.39. The molecule has 1 aliphatic heterocycles. The first-order valence-corrected chi connectivity index (χ1v) is 11.9. The fraction of sp³-hybridized carbons (Fsp3) is 0.391. The van der Waals surface area contributed by atoms with Gasteiger partial charge in [0.1, 0.15) is 0 Å². The average Bonchev–Trinajstić information content (AvgIpc) is 3.31. The molecule has 0 amide bonds. The van der Waals surface area contributed by atoms with Crippen molar-refractivity contribution in [3.8, 4) is 22.9 Å². The van der Waals surface area contributed by atoms with E-state index in [0.29, 0.717) is 41.2 Å². The smallest absolute Gasteiger partial charge is 0.243 e. The molecule has 2 heterocycles. The van der Waals surface area contributed by atoms with E-state index in [-0.39, 0.29) is 5.92 Å². The lowest BCUT2D eigenvalue weighted by molar-refractivity contribution is 0.265. The molecule has 0 saturated carbocycles. The van der Waals surface area contributed by atoms with Crippen molar-refractivity contribution in [2.24, 2.45) is 0 Å². The molecule has 1 saturated heterocycles. The second kappa shape index (κ2) is 8.91. The Hall–Kier alpha value is -2.91. The minimum Gasteiger partial charge on any atom is -0.493 e. The highest BCUT2D eigenvalue weighted by Gasteiger charge is 2.33. The highest BCUT2D eigenvalue weighted by atomic mass is 32.2. The third-order valence-electron chi connectivity index (χ3n) is 5.93. The average molecular weight is 458 g/mol. The molecule has 1 aromatic heterocycles. The van der Waals surface area contributed by atoms with Crippen molar-refractivity contribution in [1.29, 1.82) is 0 Å². The highest BCUT2D eigenvalue weighted by molar-refractivity contribution is 7.89. The molecule has 1 atom stereocenters. The number of methoxy groups -OCH3 is 2. The van der Waals surface area contributed by atoms with Crippen LogP contribution in [0.5, 0.6) is 11.5 Å². The number of sulfonamides is 1. The molecule has 9 heteroatoms. The molecule has 170 valence electrons. The Morgan fingerprint density at radius 2 is 1.81 bits per heavy atom. The molecule has 0 aliphatic carbocycles. The van der Waals surface area contributed by atoms with Crippen LogP contribution in [-0.2, 0) is 10.0 Å². The number of hydrogen-bond acceptors (Lipinski definition) is 7.